The van der Waals surface area contributed by atoms with Gasteiger partial charge in [0.25, 0.3) is 5.91 Å². The molecule has 0 saturated carbocycles. The van der Waals surface area contributed by atoms with Crippen molar-refractivity contribution in [1.29, 1.82) is 0 Å². The van der Waals surface area contributed by atoms with Crippen LogP contribution in [0.1, 0.15) is 21.5 Å². The molecule has 1 aromatic carbocycles. The molecule has 0 unspecified atom stereocenters. The fourth-order valence-corrected chi connectivity index (χ4v) is 2.56. The van der Waals surface area contributed by atoms with E-state index < -0.39 is 0 Å². The SMILES string of the molecule is O=C(NCc1ccnc(OCc2ccccc2)c1)c1cncc(Br)c1. The molecule has 0 saturated heterocycles. The summed E-state index contributed by atoms with van der Waals surface area (Å²) in [5.74, 6) is 0.345. The van der Waals surface area contributed by atoms with Gasteiger partial charge in [0.15, 0.2) is 0 Å². The Morgan fingerprint density at radius 2 is 1.92 bits per heavy atom. The van der Waals surface area contributed by atoms with Crippen LogP contribution in [-0.2, 0) is 13.2 Å². The number of rotatable bonds is 6. The number of aromatic nitrogens is 2. The van der Waals surface area contributed by atoms with Crippen LogP contribution in [-0.4, -0.2) is 15.9 Å². The van der Waals surface area contributed by atoms with Crippen molar-refractivity contribution in [2.45, 2.75) is 13.2 Å². The first-order valence-corrected chi connectivity index (χ1v) is 8.50. The third kappa shape index (κ3) is 5.12. The van der Waals surface area contributed by atoms with Gasteiger partial charge in [0.05, 0.1) is 5.56 Å². The fraction of sp³-hybridized carbons (Fsp3) is 0.105. The van der Waals surface area contributed by atoms with E-state index in [2.05, 4.69) is 31.2 Å². The number of amides is 1. The molecule has 25 heavy (non-hydrogen) atoms. The quantitative estimate of drug-likeness (QED) is 0.687. The van der Waals surface area contributed by atoms with E-state index in [0.29, 0.717) is 24.6 Å². The summed E-state index contributed by atoms with van der Waals surface area (Å²) in [6, 6.07) is 15.3. The zero-order valence-electron chi connectivity index (χ0n) is 13.4. The highest BCUT2D eigenvalue weighted by atomic mass is 79.9. The smallest absolute Gasteiger partial charge is 0.253 e. The number of ether oxygens (including phenoxy) is 1. The summed E-state index contributed by atoms with van der Waals surface area (Å²) in [5, 5.41) is 2.86. The van der Waals surface area contributed by atoms with Gasteiger partial charge in [-0.1, -0.05) is 30.3 Å². The average Bonchev–Trinajstić information content (AvgIpc) is 2.66. The Labute approximate surface area is 154 Å². The lowest BCUT2D eigenvalue weighted by Crippen LogP contribution is -2.23. The van der Waals surface area contributed by atoms with Gasteiger partial charge < -0.3 is 10.1 Å². The van der Waals surface area contributed by atoms with Gasteiger partial charge in [-0.3, -0.25) is 9.78 Å². The Morgan fingerprint density at radius 3 is 2.72 bits per heavy atom. The molecule has 2 aromatic heterocycles. The molecule has 126 valence electrons. The van der Waals surface area contributed by atoms with Crippen molar-refractivity contribution in [1.82, 2.24) is 15.3 Å². The molecule has 3 rings (SSSR count). The fourth-order valence-electron chi connectivity index (χ4n) is 2.19. The zero-order chi connectivity index (χ0) is 17.5. The Kier molecular flexibility index (Phi) is 5.74. The van der Waals surface area contributed by atoms with Gasteiger partial charge >= 0.3 is 0 Å². The minimum Gasteiger partial charge on any atom is -0.473 e. The number of nitrogens with zero attached hydrogens (tertiary/aromatic N) is 2. The number of benzene rings is 1. The van der Waals surface area contributed by atoms with E-state index in [0.717, 1.165) is 15.6 Å². The van der Waals surface area contributed by atoms with Crippen LogP contribution in [0.25, 0.3) is 0 Å². The number of halogens is 1. The molecule has 1 N–H and O–H groups in total. The minimum atomic E-state index is -0.183. The summed E-state index contributed by atoms with van der Waals surface area (Å²) in [4.78, 5) is 20.3. The highest BCUT2D eigenvalue weighted by Gasteiger charge is 2.07. The maximum Gasteiger partial charge on any atom is 0.253 e. The van der Waals surface area contributed by atoms with Gasteiger partial charge in [-0.25, -0.2) is 4.98 Å². The molecule has 0 radical (unpaired) electrons. The van der Waals surface area contributed by atoms with E-state index in [1.54, 1.807) is 18.5 Å². The van der Waals surface area contributed by atoms with Gasteiger partial charge in [-0.15, -0.1) is 0 Å². The number of pyridine rings is 2. The number of hydrogen-bond acceptors (Lipinski definition) is 4. The van der Waals surface area contributed by atoms with Gasteiger partial charge in [0.2, 0.25) is 5.88 Å². The van der Waals surface area contributed by atoms with Crippen LogP contribution in [0.3, 0.4) is 0 Å². The first-order chi connectivity index (χ1) is 12.2. The predicted molar refractivity (Wildman–Crippen MR) is 98.1 cm³/mol. The van der Waals surface area contributed by atoms with Crippen LogP contribution in [0.2, 0.25) is 0 Å². The van der Waals surface area contributed by atoms with E-state index >= 15 is 0 Å². The van der Waals surface area contributed by atoms with E-state index in [-0.39, 0.29) is 5.91 Å². The summed E-state index contributed by atoms with van der Waals surface area (Å²) in [5.41, 5.74) is 2.49. The minimum absolute atomic E-state index is 0.183. The Hall–Kier alpha value is -2.73. The van der Waals surface area contributed by atoms with Gasteiger partial charge in [0, 0.05) is 35.7 Å². The van der Waals surface area contributed by atoms with Crippen molar-refractivity contribution in [3.05, 3.63) is 88.3 Å². The molecule has 3 aromatic rings. The van der Waals surface area contributed by atoms with Crippen molar-refractivity contribution in [2.75, 3.05) is 0 Å². The molecule has 0 spiro atoms. The van der Waals surface area contributed by atoms with Crippen LogP contribution >= 0.6 is 15.9 Å². The Morgan fingerprint density at radius 1 is 1.08 bits per heavy atom. The molecule has 2 heterocycles. The molecule has 0 aliphatic carbocycles. The molecule has 0 fully saturated rings. The van der Waals surface area contributed by atoms with Crippen LogP contribution in [0, 0.1) is 0 Å². The summed E-state index contributed by atoms with van der Waals surface area (Å²) in [7, 11) is 0. The second-order valence-corrected chi connectivity index (χ2v) is 6.27. The van der Waals surface area contributed by atoms with Crippen molar-refractivity contribution in [2.24, 2.45) is 0 Å². The zero-order valence-corrected chi connectivity index (χ0v) is 14.9. The van der Waals surface area contributed by atoms with Crippen LogP contribution in [0.15, 0.2) is 71.6 Å². The maximum atomic E-state index is 12.1. The van der Waals surface area contributed by atoms with E-state index in [4.69, 9.17) is 4.74 Å². The molecule has 0 aliphatic heterocycles. The Balaban J connectivity index is 1.57. The number of carbonyl (C=O) groups is 1. The van der Waals surface area contributed by atoms with Gasteiger partial charge in [0.1, 0.15) is 6.61 Å². The maximum absolute atomic E-state index is 12.1. The molecule has 6 heteroatoms. The topological polar surface area (TPSA) is 64.1 Å². The second-order valence-electron chi connectivity index (χ2n) is 5.35. The molecule has 0 aliphatic rings. The molecule has 1 amide bonds. The highest BCUT2D eigenvalue weighted by molar-refractivity contribution is 9.10. The van der Waals surface area contributed by atoms with Crippen LogP contribution < -0.4 is 10.1 Å². The van der Waals surface area contributed by atoms with Crippen LogP contribution in [0.5, 0.6) is 5.88 Å². The predicted octanol–water partition coefficient (Wildman–Crippen LogP) is 3.75. The first-order valence-electron chi connectivity index (χ1n) is 7.71. The molecule has 0 bridgehead atoms. The second kappa shape index (κ2) is 8.39. The van der Waals surface area contributed by atoms with Crippen molar-refractivity contribution < 1.29 is 9.53 Å². The van der Waals surface area contributed by atoms with E-state index in [1.165, 1.54) is 6.20 Å². The lowest BCUT2D eigenvalue weighted by atomic mass is 10.2. The summed E-state index contributed by atoms with van der Waals surface area (Å²) in [6.45, 7) is 0.836. The molecular weight excluding hydrogens is 382 g/mol. The highest BCUT2D eigenvalue weighted by Crippen LogP contribution is 2.13. The summed E-state index contributed by atoms with van der Waals surface area (Å²) < 4.78 is 6.46. The molecule has 0 atom stereocenters. The van der Waals surface area contributed by atoms with Crippen molar-refractivity contribution in [3.63, 3.8) is 0 Å². The monoisotopic (exact) mass is 397 g/mol. The van der Waals surface area contributed by atoms with Crippen LogP contribution in [0.4, 0.5) is 0 Å². The number of hydrogen-bond donors (Lipinski definition) is 1. The van der Waals surface area contributed by atoms with Crippen molar-refractivity contribution in [3.8, 4) is 5.88 Å². The molecule has 5 nitrogen and oxygen atoms in total. The van der Waals surface area contributed by atoms with Gasteiger partial charge in [-0.2, -0.15) is 0 Å². The third-order valence-corrected chi connectivity index (χ3v) is 3.88. The average molecular weight is 398 g/mol. The summed E-state index contributed by atoms with van der Waals surface area (Å²) in [6.07, 6.45) is 4.83. The Bertz CT molecular complexity index is 856. The molecular formula is C19H16BrN3O2. The lowest BCUT2D eigenvalue weighted by molar-refractivity contribution is 0.0950. The number of carbonyl (C=O) groups excluding carboxylic acids is 1. The lowest BCUT2D eigenvalue weighted by Gasteiger charge is -2.08. The number of nitrogens with one attached hydrogen (secondary N) is 1. The third-order valence-electron chi connectivity index (χ3n) is 3.45. The van der Waals surface area contributed by atoms with Crippen molar-refractivity contribution >= 4 is 21.8 Å². The van der Waals surface area contributed by atoms with E-state index in [1.807, 2.05) is 42.5 Å². The first kappa shape index (κ1) is 17.1. The van der Waals surface area contributed by atoms with E-state index in [9.17, 15) is 4.79 Å². The standard InChI is InChI=1S/C19H16BrN3O2/c20-17-9-16(11-21-12-17)19(24)23-10-15-6-7-22-18(8-15)25-13-14-4-2-1-3-5-14/h1-9,11-12H,10,13H2,(H,23,24). The normalized spacial score (nSPS) is 10.3. The largest absolute Gasteiger partial charge is 0.473 e. The van der Waals surface area contributed by atoms with Gasteiger partial charge in [-0.05, 0) is 39.2 Å². The summed E-state index contributed by atoms with van der Waals surface area (Å²) >= 11 is 3.31.